The van der Waals surface area contributed by atoms with Crippen molar-refractivity contribution in [2.45, 2.75) is 37.0 Å². The Hall–Kier alpha value is -1.25. The van der Waals surface area contributed by atoms with Gasteiger partial charge in [0, 0.05) is 5.41 Å². The third kappa shape index (κ3) is 2.72. The van der Waals surface area contributed by atoms with Crippen LogP contribution in [0.5, 0.6) is 0 Å². The average Bonchev–Trinajstić information content (AvgIpc) is 2.78. The molecule has 1 aliphatic rings. The standard InChI is InChI=1S/C14H15ClF2N2O3S/c1-13(2,3)12-18-9-5-4-8(15)11(10(9)22-12)23(20,21)19-6-14(16,17)7-19/h4-5H,6-7H2,1-3H3. The Kier molecular flexibility index (Phi) is 3.52. The molecule has 2 heterocycles. The van der Waals surface area contributed by atoms with Crippen LogP contribution in [0, 0.1) is 0 Å². The third-order valence-corrected chi connectivity index (χ3v) is 5.81. The highest BCUT2D eigenvalue weighted by atomic mass is 35.5. The number of halogens is 3. The summed E-state index contributed by atoms with van der Waals surface area (Å²) in [7, 11) is -4.18. The van der Waals surface area contributed by atoms with Gasteiger partial charge in [-0.05, 0) is 12.1 Å². The molecular formula is C14H15ClF2N2O3S. The van der Waals surface area contributed by atoms with E-state index in [0.717, 1.165) is 0 Å². The highest BCUT2D eigenvalue weighted by molar-refractivity contribution is 7.89. The van der Waals surface area contributed by atoms with Crippen molar-refractivity contribution in [1.82, 2.24) is 9.29 Å². The molecule has 9 heteroatoms. The minimum atomic E-state index is -4.18. The lowest BCUT2D eigenvalue weighted by molar-refractivity contribution is -0.0945. The topological polar surface area (TPSA) is 63.4 Å². The Balaban J connectivity index is 2.17. The third-order valence-electron chi connectivity index (χ3n) is 3.52. The van der Waals surface area contributed by atoms with Crippen molar-refractivity contribution in [2.24, 2.45) is 0 Å². The molecule has 1 aromatic carbocycles. The lowest BCUT2D eigenvalue weighted by atomic mass is 9.97. The number of alkyl halides is 2. The van der Waals surface area contributed by atoms with Crippen molar-refractivity contribution in [2.75, 3.05) is 13.1 Å². The number of benzene rings is 1. The molecule has 0 bridgehead atoms. The number of sulfonamides is 1. The molecule has 3 rings (SSSR count). The molecule has 0 saturated carbocycles. The molecule has 0 aliphatic carbocycles. The molecular weight excluding hydrogens is 350 g/mol. The Labute approximate surface area is 137 Å². The Morgan fingerprint density at radius 1 is 1.30 bits per heavy atom. The van der Waals surface area contributed by atoms with E-state index >= 15 is 0 Å². The smallest absolute Gasteiger partial charge is 0.275 e. The van der Waals surface area contributed by atoms with Gasteiger partial charge in [-0.2, -0.15) is 4.31 Å². The molecule has 23 heavy (non-hydrogen) atoms. The number of nitrogens with zero attached hydrogens (tertiary/aromatic N) is 2. The van der Waals surface area contributed by atoms with Gasteiger partial charge < -0.3 is 4.42 Å². The molecule has 0 unspecified atom stereocenters. The van der Waals surface area contributed by atoms with Crippen LogP contribution in [0.25, 0.3) is 11.1 Å². The maximum Gasteiger partial charge on any atom is 0.275 e. The highest BCUT2D eigenvalue weighted by Gasteiger charge is 2.51. The van der Waals surface area contributed by atoms with Crippen molar-refractivity contribution in [3.8, 4) is 0 Å². The van der Waals surface area contributed by atoms with Crippen LogP contribution in [-0.4, -0.2) is 36.7 Å². The van der Waals surface area contributed by atoms with E-state index in [1.165, 1.54) is 6.07 Å². The van der Waals surface area contributed by atoms with E-state index in [9.17, 15) is 17.2 Å². The van der Waals surface area contributed by atoms with E-state index in [4.69, 9.17) is 16.0 Å². The monoisotopic (exact) mass is 364 g/mol. The summed E-state index contributed by atoms with van der Waals surface area (Å²) >= 11 is 6.03. The van der Waals surface area contributed by atoms with Crippen LogP contribution >= 0.6 is 11.6 Å². The average molecular weight is 365 g/mol. The number of hydrogen-bond acceptors (Lipinski definition) is 4. The summed E-state index contributed by atoms with van der Waals surface area (Å²) in [6, 6.07) is 2.92. The van der Waals surface area contributed by atoms with Gasteiger partial charge in [0.2, 0.25) is 15.9 Å². The molecule has 2 aromatic rings. The Morgan fingerprint density at radius 3 is 2.43 bits per heavy atom. The molecule has 0 amide bonds. The highest BCUT2D eigenvalue weighted by Crippen LogP contribution is 2.39. The Bertz CT molecular complexity index is 879. The van der Waals surface area contributed by atoms with Gasteiger partial charge in [0.25, 0.3) is 5.92 Å². The van der Waals surface area contributed by atoms with Gasteiger partial charge in [0.1, 0.15) is 10.4 Å². The lowest BCUT2D eigenvalue weighted by Gasteiger charge is -2.37. The molecule has 0 spiro atoms. The van der Waals surface area contributed by atoms with E-state index in [2.05, 4.69) is 4.98 Å². The zero-order valence-corrected chi connectivity index (χ0v) is 14.3. The van der Waals surface area contributed by atoms with E-state index in [1.807, 2.05) is 20.8 Å². The van der Waals surface area contributed by atoms with E-state index in [1.54, 1.807) is 6.07 Å². The first-order valence-electron chi connectivity index (χ1n) is 6.89. The van der Waals surface area contributed by atoms with Crippen LogP contribution in [0.15, 0.2) is 21.4 Å². The van der Waals surface area contributed by atoms with Crippen molar-refractivity contribution < 1.29 is 21.6 Å². The summed E-state index contributed by atoms with van der Waals surface area (Å²) in [6.45, 7) is 3.88. The van der Waals surface area contributed by atoms with Gasteiger partial charge in [-0.3, -0.25) is 0 Å². The molecule has 126 valence electrons. The number of aromatic nitrogens is 1. The summed E-state index contributed by atoms with van der Waals surface area (Å²) in [4.78, 5) is 3.96. The maximum absolute atomic E-state index is 13.0. The zero-order chi connectivity index (χ0) is 17.2. The minimum Gasteiger partial charge on any atom is -0.439 e. The fourth-order valence-electron chi connectivity index (χ4n) is 2.27. The van der Waals surface area contributed by atoms with Crippen LogP contribution in [-0.2, 0) is 15.4 Å². The SMILES string of the molecule is CC(C)(C)c1nc2ccc(Cl)c(S(=O)(=O)N3CC(F)(F)C3)c2o1. The first-order chi connectivity index (χ1) is 10.4. The van der Waals surface area contributed by atoms with Gasteiger partial charge in [-0.1, -0.05) is 32.4 Å². The predicted octanol–water partition coefficient (Wildman–Crippen LogP) is 3.42. The summed E-state index contributed by atoms with van der Waals surface area (Å²) in [5.74, 6) is -2.66. The predicted molar refractivity (Wildman–Crippen MR) is 81.4 cm³/mol. The minimum absolute atomic E-state index is 0.00218. The summed E-state index contributed by atoms with van der Waals surface area (Å²) in [5, 5.41) is -0.0793. The molecule has 1 saturated heterocycles. The largest absolute Gasteiger partial charge is 0.439 e. The number of hydrogen-bond donors (Lipinski definition) is 0. The number of fused-ring (bicyclic) bond motifs is 1. The molecule has 0 N–H and O–H groups in total. The number of oxazole rings is 1. The number of rotatable bonds is 2. The van der Waals surface area contributed by atoms with E-state index < -0.39 is 34.5 Å². The normalized spacial score (nSPS) is 19.0. The fourth-order valence-corrected chi connectivity index (χ4v) is 4.39. The lowest BCUT2D eigenvalue weighted by Crippen LogP contribution is -2.58. The van der Waals surface area contributed by atoms with E-state index in [0.29, 0.717) is 15.7 Å². The maximum atomic E-state index is 13.0. The van der Waals surface area contributed by atoms with Crippen molar-refractivity contribution in [1.29, 1.82) is 0 Å². The molecule has 0 radical (unpaired) electrons. The van der Waals surface area contributed by atoms with Crippen molar-refractivity contribution in [3.63, 3.8) is 0 Å². The van der Waals surface area contributed by atoms with Crippen molar-refractivity contribution >= 4 is 32.7 Å². The Morgan fingerprint density at radius 2 is 1.91 bits per heavy atom. The zero-order valence-electron chi connectivity index (χ0n) is 12.7. The van der Waals surface area contributed by atoms with Crippen LogP contribution in [0.1, 0.15) is 26.7 Å². The van der Waals surface area contributed by atoms with Gasteiger partial charge in [0.15, 0.2) is 5.58 Å². The van der Waals surface area contributed by atoms with Crippen LogP contribution < -0.4 is 0 Å². The van der Waals surface area contributed by atoms with Gasteiger partial charge >= 0.3 is 0 Å². The van der Waals surface area contributed by atoms with Crippen LogP contribution in [0.4, 0.5) is 8.78 Å². The van der Waals surface area contributed by atoms with E-state index in [-0.39, 0.29) is 15.5 Å². The second kappa shape index (κ2) is 4.87. The first-order valence-corrected chi connectivity index (χ1v) is 8.71. The van der Waals surface area contributed by atoms with Crippen LogP contribution in [0.3, 0.4) is 0 Å². The molecule has 0 atom stereocenters. The summed E-state index contributed by atoms with van der Waals surface area (Å²) in [6.07, 6.45) is 0. The fraction of sp³-hybridized carbons (Fsp3) is 0.500. The molecule has 1 aromatic heterocycles. The molecule has 5 nitrogen and oxygen atoms in total. The molecule has 1 aliphatic heterocycles. The molecule has 1 fully saturated rings. The van der Waals surface area contributed by atoms with Gasteiger partial charge in [0.05, 0.1) is 18.1 Å². The first kappa shape index (κ1) is 16.6. The summed E-state index contributed by atoms with van der Waals surface area (Å²) < 4.78 is 57.6. The second-order valence-electron chi connectivity index (χ2n) is 6.62. The second-order valence-corrected chi connectivity index (χ2v) is 8.90. The quantitative estimate of drug-likeness (QED) is 0.819. The van der Waals surface area contributed by atoms with Crippen molar-refractivity contribution in [3.05, 3.63) is 23.0 Å². The van der Waals surface area contributed by atoms with Gasteiger partial charge in [-0.15, -0.1) is 0 Å². The summed E-state index contributed by atoms with van der Waals surface area (Å²) in [5.41, 5.74) is -0.112. The van der Waals surface area contributed by atoms with Gasteiger partial charge in [-0.25, -0.2) is 22.2 Å². The van der Waals surface area contributed by atoms with Crippen LogP contribution in [0.2, 0.25) is 5.02 Å².